The highest BCUT2D eigenvalue weighted by atomic mass is 19.4. The fourth-order valence-electron chi connectivity index (χ4n) is 0.457. The van der Waals surface area contributed by atoms with Gasteiger partial charge in [0.2, 0.25) is 0 Å². The third-order valence-electron chi connectivity index (χ3n) is 1.18. The van der Waals surface area contributed by atoms with E-state index in [1.807, 2.05) is 0 Å². The summed E-state index contributed by atoms with van der Waals surface area (Å²) in [4.78, 5) is 0. The van der Waals surface area contributed by atoms with Crippen LogP contribution in [0.15, 0.2) is 0 Å². The smallest absolute Gasteiger partial charge is 0.314 e. The lowest BCUT2D eigenvalue weighted by Gasteiger charge is -2.15. The number of halogens is 3. The van der Waals surface area contributed by atoms with Gasteiger partial charge >= 0.3 is 6.18 Å². The zero-order chi connectivity index (χ0) is 9.12. The maximum absolute atomic E-state index is 11.6. The van der Waals surface area contributed by atoms with E-state index in [-0.39, 0.29) is 6.42 Å². The predicted molar refractivity (Wildman–Crippen MR) is 33.5 cm³/mol. The second kappa shape index (κ2) is 3.09. The molecule has 0 fully saturated rings. The van der Waals surface area contributed by atoms with Crippen molar-refractivity contribution in [1.29, 1.82) is 5.26 Å². The van der Waals surface area contributed by atoms with Crippen molar-refractivity contribution in [2.75, 3.05) is 0 Å². The van der Waals surface area contributed by atoms with Crippen LogP contribution >= 0.6 is 0 Å². The Hall–Kier alpha value is -0.760. The Balaban J connectivity index is 3.83. The van der Waals surface area contributed by atoms with Crippen molar-refractivity contribution in [3.63, 3.8) is 0 Å². The lowest BCUT2D eigenvalue weighted by atomic mass is 9.99. The van der Waals surface area contributed by atoms with Gasteiger partial charge in [0.1, 0.15) is 5.54 Å². The Morgan fingerprint density at radius 1 is 1.36 bits per heavy atom. The van der Waals surface area contributed by atoms with Crippen LogP contribution in [0.3, 0.4) is 0 Å². The lowest BCUT2D eigenvalue weighted by Crippen LogP contribution is -2.35. The van der Waals surface area contributed by atoms with Gasteiger partial charge in [0.05, 0.1) is 6.07 Å². The van der Waals surface area contributed by atoms with Crippen molar-refractivity contribution in [2.45, 2.75) is 31.5 Å². The average molecular weight is 166 g/mol. The molecule has 0 bridgehead atoms. The van der Waals surface area contributed by atoms with E-state index in [0.29, 0.717) is 0 Å². The van der Waals surface area contributed by atoms with Crippen molar-refractivity contribution in [3.8, 4) is 6.07 Å². The lowest BCUT2D eigenvalue weighted by molar-refractivity contribution is -0.137. The van der Waals surface area contributed by atoms with Gasteiger partial charge in [-0.05, 0) is 13.3 Å². The van der Waals surface area contributed by atoms with Crippen molar-refractivity contribution in [2.24, 2.45) is 5.73 Å². The zero-order valence-corrected chi connectivity index (χ0v) is 6.07. The van der Waals surface area contributed by atoms with E-state index in [2.05, 4.69) is 0 Å². The van der Waals surface area contributed by atoms with Crippen molar-refractivity contribution >= 4 is 0 Å². The Labute approximate surface area is 62.8 Å². The first-order valence-electron chi connectivity index (χ1n) is 3.04. The molecule has 0 aliphatic rings. The SMILES string of the molecule is C[C@](N)(C#N)CCC(F)(F)F. The van der Waals surface area contributed by atoms with Crippen LogP contribution < -0.4 is 5.73 Å². The third-order valence-corrected chi connectivity index (χ3v) is 1.18. The van der Waals surface area contributed by atoms with Crippen LogP contribution in [-0.2, 0) is 0 Å². The summed E-state index contributed by atoms with van der Waals surface area (Å²) in [6.07, 6.45) is -5.59. The zero-order valence-electron chi connectivity index (χ0n) is 6.07. The normalized spacial score (nSPS) is 17.1. The van der Waals surface area contributed by atoms with E-state index in [0.717, 1.165) is 0 Å². The van der Waals surface area contributed by atoms with Gasteiger partial charge in [-0.1, -0.05) is 0 Å². The van der Waals surface area contributed by atoms with Crippen LogP contribution in [0.4, 0.5) is 13.2 Å². The Bertz CT molecular complexity index is 166. The minimum absolute atomic E-state index is 0.354. The first-order chi connectivity index (χ1) is 4.77. The van der Waals surface area contributed by atoms with Gasteiger partial charge in [-0.2, -0.15) is 18.4 Å². The molecule has 0 radical (unpaired) electrons. The molecule has 0 aromatic rings. The molecule has 0 aromatic heterocycles. The van der Waals surface area contributed by atoms with Crippen LogP contribution in [0.25, 0.3) is 0 Å². The van der Waals surface area contributed by atoms with Gasteiger partial charge in [-0.15, -0.1) is 0 Å². The first-order valence-corrected chi connectivity index (χ1v) is 3.04. The molecule has 0 heterocycles. The standard InChI is InChI=1S/C6H9F3N2/c1-5(11,4-10)2-3-6(7,8)9/h2-3,11H2,1H3/t5-/m1/s1. The van der Waals surface area contributed by atoms with E-state index in [4.69, 9.17) is 11.0 Å². The topological polar surface area (TPSA) is 49.8 Å². The summed E-state index contributed by atoms with van der Waals surface area (Å²) in [6, 6.07) is 1.59. The second-order valence-corrected chi connectivity index (χ2v) is 2.64. The highest BCUT2D eigenvalue weighted by Crippen LogP contribution is 2.24. The molecule has 0 rings (SSSR count). The van der Waals surface area contributed by atoms with Crippen LogP contribution in [0.2, 0.25) is 0 Å². The highest BCUT2D eigenvalue weighted by molar-refractivity contribution is 5.00. The molecule has 0 spiro atoms. The van der Waals surface area contributed by atoms with Crippen molar-refractivity contribution in [3.05, 3.63) is 0 Å². The average Bonchev–Trinajstić information content (AvgIpc) is 1.83. The molecule has 0 aromatic carbocycles. The number of hydrogen-bond acceptors (Lipinski definition) is 2. The monoisotopic (exact) mass is 166 g/mol. The molecule has 5 heteroatoms. The summed E-state index contributed by atoms with van der Waals surface area (Å²) in [7, 11) is 0. The number of nitrogens with zero attached hydrogens (tertiary/aromatic N) is 1. The molecule has 2 nitrogen and oxygen atoms in total. The fraction of sp³-hybridized carbons (Fsp3) is 0.833. The van der Waals surface area contributed by atoms with E-state index in [1.165, 1.54) is 6.92 Å². The molecule has 11 heavy (non-hydrogen) atoms. The summed E-state index contributed by atoms with van der Waals surface area (Å²) in [5.74, 6) is 0. The summed E-state index contributed by atoms with van der Waals surface area (Å²) in [6.45, 7) is 1.28. The maximum atomic E-state index is 11.6. The third kappa shape index (κ3) is 5.67. The molecule has 0 aliphatic carbocycles. The summed E-state index contributed by atoms with van der Waals surface area (Å²) >= 11 is 0. The second-order valence-electron chi connectivity index (χ2n) is 2.64. The first kappa shape index (κ1) is 10.2. The summed E-state index contributed by atoms with van der Waals surface area (Å²) < 4.78 is 34.7. The van der Waals surface area contributed by atoms with Gasteiger partial charge in [0.25, 0.3) is 0 Å². The van der Waals surface area contributed by atoms with Crippen LogP contribution in [-0.4, -0.2) is 11.7 Å². The summed E-state index contributed by atoms with van der Waals surface area (Å²) in [5.41, 5.74) is 3.80. The molecule has 0 unspecified atom stereocenters. The number of rotatable bonds is 2. The van der Waals surface area contributed by atoms with E-state index in [1.54, 1.807) is 6.07 Å². The Morgan fingerprint density at radius 2 is 1.82 bits per heavy atom. The maximum Gasteiger partial charge on any atom is 0.389 e. The van der Waals surface area contributed by atoms with Gasteiger partial charge in [0.15, 0.2) is 0 Å². The number of nitriles is 1. The highest BCUT2D eigenvalue weighted by Gasteiger charge is 2.31. The predicted octanol–water partition coefficient (Wildman–Crippen LogP) is 1.57. The van der Waals surface area contributed by atoms with Gasteiger partial charge < -0.3 is 5.73 Å². The molecule has 0 amide bonds. The van der Waals surface area contributed by atoms with E-state index < -0.39 is 18.1 Å². The molecule has 0 aliphatic heterocycles. The van der Waals surface area contributed by atoms with Gasteiger partial charge in [-0.25, -0.2) is 0 Å². The van der Waals surface area contributed by atoms with Gasteiger partial charge in [0, 0.05) is 6.42 Å². The molecular formula is C6H9F3N2. The number of alkyl halides is 3. The van der Waals surface area contributed by atoms with Crippen LogP contribution in [0.5, 0.6) is 0 Å². The fourth-order valence-corrected chi connectivity index (χ4v) is 0.457. The van der Waals surface area contributed by atoms with Crippen molar-refractivity contribution < 1.29 is 13.2 Å². The Morgan fingerprint density at radius 3 is 2.09 bits per heavy atom. The molecule has 64 valence electrons. The Kier molecular flexibility index (Phi) is 2.88. The number of hydrogen-bond donors (Lipinski definition) is 1. The largest absolute Gasteiger partial charge is 0.389 e. The minimum Gasteiger partial charge on any atom is -0.314 e. The quantitative estimate of drug-likeness (QED) is 0.676. The van der Waals surface area contributed by atoms with E-state index in [9.17, 15) is 13.2 Å². The van der Waals surface area contributed by atoms with Gasteiger partial charge in [-0.3, -0.25) is 0 Å². The number of nitrogens with two attached hydrogens (primary N) is 1. The molecule has 2 N–H and O–H groups in total. The molecule has 0 saturated carbocycles. The van der Waals surface area contributed by atoms with E-state index >= 15 is 0 Å². The van der Waals surface area contributed by atoms with Crippen LogP contribution in [0, 0.1) is 11.3 Å². The molecule has 1 atom stereocenters. The summed E-state index contributed by atoms with van der Waals surface area (Å²) in [5, 5.41) is 8.25. The van der Waals surface area contributed by atoms with Crippen molar-refractivity contribution in [1.82, 2.24) is 0 Å². The molecule has 0 saturated heterocycles. The van der Waals surface area contributed by atoms with Crippen LogP contribution in [0.1, 0.15) is 19.8 Å². The molecular weight excluding hydrogens is 157 g/mol. The minimum atomic E-state index is -4.22.